The molecule has 0 radical (unpaired) electrons. The van der Waals surface area contributed by atoms with Crippen LogP contribution in [0.15, 0.2) is 71.0 Å². The van der Waals surface area contributed by atoms with Gasteiger partial charge >= 0.3 is 0 Å². The van der Waals surface area contributed by atoms with Crippen LogP contribution >= 0.6 is 0 Å². The normalized spacial score (nSPS) is 18.0. The van der Waals surface area contributed by atoms with E-state index in [0.29, 0.717) is 70.0 Å². The van der Waals surface area contributed by atoms with Crippen LogP contribution in [-0.2, 0) is 28.5 Å². The van der Waals surface area contributed by atoms with E-state index >= 15 is 0 Å². The van der Waals surface area contributed by atoms with E-state index in [-0.39, 0.29) is 42.6 Å². The van der Waals surface area contributed by atoms with Gasteiger partial charge in [-0.2, -0.15) is 0 Å². The third kappa shape index (κ3) is 9.30. The van der Waals surface area contributed by atoms with Gasteiger partial charge < -0.3 is 44.8 Å². The van der Waals surface area contributed by atoms with Crippen molar-refractivity contribution >= 4 is 34.2 Å². The molecule has 1 aliphatic heterocycles. The summed E-state index contributed by atoms with van der Waals surface area (Å²) in [7, 11) is 0. The summed E-state index contributed by atoms with van der Waals surface area (Å²) in [4.78, 5) is 25.6. The first-order valence-corrected chi connectivity index (χ1v) is 15.2. The molecule has 0 fully saturated rings. The molecule has 3 unspecified atom stereocenters. The number of nitrogen functional groups attached to an aromatic ring is 1. The Labute approximate surface area is 257 Å². The van der Waals surface area contributed by atoms with E-state index in [9.17, 15) is 9.59 Å². The number of hydrogen-bond acceptors (Lipinski definition) is 9. The van der Waals surface area contributed by atoms with E-state index in [2.05, 4.69) is 10.6 Å². The lowest BCUT2D eigenvalue weighted by atomic mass is 9.81. The lowest BCUT2D eigenvalue weighted by molar-refractivity contribution is -0.168. The summed E-state index contributed by atoms with van der Waals surface area (Å²) < 4.78 is 29.1. The molecule has 3 aromatic rings. The fourth-order valence-corrected chi connectivity index (χ4v) is 5.18. The van der Waals surface area contributed by atoms with Crippen LogP contribution in [0.3, 0.4) is 0 Å². The van der Waals surface area contributed by atoms with Crippen molar-refractivity contribution in [1.29, 1.82) is 0 Å². The molecule has 4 rings (SSSR count). The first-order chi connectivity index (χ1) is 21.5. The number of carbonyl (C=O) groups is 2. The molecule has 0 bridgehead atoms. The number of anilines is 2. The minimum Gasteiger partial charge on any atom is -0.464 e. The summed E-state index contributed by atoms with van der Waals surface area (Å²) in [6, 6.07) is 14.9. The maximum atomic E-state index is 13.3. The molecule has 11 nitrogen and oxygen atoms in total. The number of ether oxygens (including phenoxy) is 4. The Hall–Kier alpha value is -3.90. The van der Waals surface area contributed by atoms with Gasteiger partial charge in [-0.1, -0.05) is 30.3 Å². The van der Waals surface area contributed by atoms with Crippen LogP contribution in [0.5, 0.6) is 0 Å². The van der Waals surface area contributed by atoms with Crippen molar-refractivity contribution in [3.05, 3.63) is 72.2 Å². The Bertz CT molecular complexity index is 1370. The molecule has 5 N–H and O–H groups in total. The SMILES string of the molecule is CCOC1OC(C(=O)NCCCCC(=O)Nc2ccccc2N)=CC(c2coc3ccccc23)C1CCOCCOCCO. The fraction of sp³-hybridized carbons (Fsp3) is 0.455. The third-order valence-corrected chi connectivity index (χ3v) is 7.36. The topological polar surface area (TPSA) is 155 Å². The van der Waals surface area contributed by atoms with E-state index < -0.39 is 6.29 Å². The smallest absolute Gasteiger partial charge is 0.286 e. The quantitative estimate of drug-likeness (QED) is 0.122. The number of carbonyl (C=O) groups excluding carboxylic acids is 2. The van der Waals surface area contributed by atoms with Gasteiger partial charge in [0, 0.05) is 49.0 Å². The van der Waals surface area contributed by atoms with Crippen molar-refractivity contribution < 1.29 is 38.1 Å². The largest absolute Gasteiger partial charge is 0.464 e. The molecule has 0 saturated heterocycles. The summed E-state index contributed by atoms with van der Waals surface area (Å²) in [5.41, 5.74) is 8.70. The number of nitrogens with two attached hydrogens (primary N) is 1. The minimum atomic E-state index is -0.673. The number of para-hydroxylation sites is 3. The van der Waals surface area contributed by atoms with Gasteiger partial charge in [-0.05, 0) is 50.5 Å². The van der Waals surface area contributed by atoms with Crippen LogP contribution in [0, 0.1) is 5.92 Å². The number of aliphatic hydroxyl groups is 1. The number of aliphatic hydroxyl groups excluding tert-OH is 1. The van der Waals surface area contributed by atoms with Gasteiger partial charge in [0.2, 0.25) is 12.2 Å². The molecule has 11 heteroatoms. The second kappa shape index (κ2) is 17.4. The highest BCUT2D eigenvalue weighted by Gasteiger charge is 2.39. The summed E-state index contributed by atoms with van der Waals surface area (Å²) in [6.07, 6.45) is 5.03. The maximum Gasteiger partial charge on any atom is 0.286 e. The Balaban J connectivity index is 1.38. The van der Waals surface area contributed by atoms with E-state index in [1.807, 2.05) is 49.4 Å². The molecular weight excluding hydrogens is 566 g/mol. The number of benzene rings is 2. The van der Waals surface area contributed by atoms with Crippen LogP contribution in [0.2, 0.25) is 0 Å². The van der Waals surface area contributed by atoms with Crippen molar-refractivity contribution in [2.24, 2.45) is 5.92 Å². The zero-order valence-electron chi connectivity index (χ0n) is 25.2. The maximum absolute atomic E-state index is 13.3. The van der Waals surface area contributed by atoms with Gasteiger partial charge in [-0.15, -0.1) is 0 Å². The first-order valence-electron chi connectivity index (χ1n) is 15.2. The molecule has 0 saturated carbocycles. The van der Waals surface area contributed by atoms with E-state index in [1.165, 1.54) is 0 Å². The van der Waals surface area contributed by atoms with Crippen molar-refractivity contribution in [2.45, 2.75) is 44.8 Å². The van der Waals surface area contributed by atoms with Gasteiger partial charge in [0.25, 0.3) is 5.91 Å². The standard InChI is InChI=1S/C33H43N3O8/c1-2-42-33-24(14-17-40-19-20-41-18-16-37)25(26-22-43-29-12-6-3-9-23(26)29)21-30(44-33)32(39)35-15-8-7-13-31(38)36-28-11-5-4-10-27(28)34/h3-6,9-12,21-22,24-25,33,37H,2,7-8,13-20,34H2,1H3,(H,35,39)(H,36,38). The number of fused-ring (bicyclic) bond motifs is 1. The summed E-state index contributed by atoms with van der Waals surface area (Å²) >= 11 is 0. The summed E-state index contributed by atoms with van der Waals surface area (Å²) in [6.45, 7) is 4.15. The average molecular weight is 610 g/mol. The molecule has 2 amide bonds. The molecular formula is C33H43N3O8. The van der Waals surface area contributed by atoms with Crippen LogP contribution < -0.4 is 16.4 Å². The molecule has 44 heavy (non-hydrogen) atoms. The Kier molecular flexibility index (Phi) is 13.1. The molecule has 2 aromatic carbocycles. The number of unbranched alkanes of at least 4 members (excludes halogenated alkanes) is 1. The van der Waals surface area contributed by atoms with E-state index in [0.717, 1.165) is 16.5 Å². The van der Waals surface area contributed by atoms with Gasteiger partial charge in [0.15, 0.2) is 5.76 Å². The van der Waals surface area contributed by atoms with Gasteiger partial charge in [-0.25, -0.2) is 0 Å². The zero-order valence-corrected chi connectivity index (χ0v) is 25.2. The fourth-order valence-electron chi connectivity index (χ4n) is 5.18. The number of allylic oxidation sites excluding steroid dienone is 1. The second-order valence-corrected chi connectivity index (χ2v) is 10.4. The third-order valence-electron chi connectivity index (χ3n) is 7.36. The van der Waals surface area contributed by atoms with Crippen molar-refractivity contribution in [1.82, 2.24) is 5.32 Å². The lowest BCUT2D eigenvalue weighted by Crippen LogP contribution is -2.39. The first kappa shape index (κ1) is 33.0. The number of rotatable bonds is 18. The number of hydrogen-bond donors (Lipinski definition) is 4. The Morgan fingerprint density at radius 2 is 1.77 bits per heavy atom. The highest BCUT2D eigenvalue weighted by atomic mass is 16.7. The molecule has 1 aliphatic rings. The molecule has 3 atom stereocenters. The molecule has 2 heterocycles. The molecule has 0 spiro atoms. The van der Waals surface area contributed by atoms with Crippen molar-refractivity contribution in [3.63, 3.8) is 0 Å². The summed E-state index contributed by atoms with van der Waals surface area (Å²) in [5.74, 6) is -0.665. The Morgan fingerprint density at radius 3 is 2.57 bits per heavy atom. The monoisotopic (exact) mass is 609 g/mol. The predicted octanol–water partition coefficient (Wildman–Crippen LogP) is 4.33. The number of furan rings is 1. The predicted molar refractivity (Wildman–Crippen MR) is 167 cm³/mol. The van der Waals surface area contributed by atoms with Crippen LogP contribution in [0.4, 0.5) is 11.4 Å². The van der Waals surface area contributed by atoms with Gasteiger partial charge in [0.05, 0.1) is 44.1 Å². The van der Waals surface area contributed by atoms with Crippen molar-refractivity contribution in [2.75, 3.05) is 57.2 Å². The van der Waals surface area contributed by atoms with Crippen LogP contribution in [0.1, 0.15) is 44.1 Å². The van der Waals surface area contributed by atoms with Crippen LogP contribution in [-0.4, -0.2) is 69.4 Å². The van der Waals surface area contributed by atoms with Crippen molar-refractivity contribution in [3.8, 4) is 0 Å². The molecule has 1 aromatic heterocycles. The Morgan fingerprint density at radius 1 is 1.00 bits per heavy atom. The lowest BCUT2D eigenvalue weighted by Gasteiger charge is -2.36. The van der Waals surface area contributed by atoms with Gasteiger partial charge in [0.1, 0.15) is 5.58 Å². The zero-order chi connectivity index (χ0) is 31.1. The molecule has 238 valence electrons. The summed E-state index contributed by atoms with van der Waals surface area (Å²) in [5, 5.41) is 15.6. The van der Waals surface area contributed by atoms with E-state index in [1.54, 1.807) is 18.4 Å². The van der Waals surface area contributed by atoms with E-state index in [4.69, 9.17) is 34.2 Å². The van der Waals surface area contributed by atoms with Crippen LogP contribution in [0.25, 0.3) is 11.0 Å². The number of nitrogens with one attached hydrogen (secondary N) is 2. The minimum absolute atomic E-state index is 0.0279. The second-order valence-electron chi connectivity index (χ2n) is 10.4. The highest BCUT2D eigenvalue weighted by molar-refractivity contribution is 5.94. The average Bonchev–Trinajstić information content (AvgIpc) is 3.46. The number of amides is 2. The van der Waals surface area contributed by atoms with Gasteiger partial charge in [-0.3, -0.25) is 9.59 Å². The highest BCUT2D eigenvalue weighted by Crippen LogP contribution is 2.42. The molecule has 0 aliphatic carbocycles.